The molecule has 536 valence electrons. The van der Waals surface area contributed by atoms with Gasteiger partial charge in [0.2, 0.25) is 0 Å². The number of fused-ring (bicyclic) bond motifs is 8. The number of carbonyl (C=O) groups excluding carboxylic acids is 1. The van der Waals surface area contributed by atoms with Gasteiger partial charge in [0.25, 0.3) is 0 Å². The van der Waals surface area contributed by atoms with E-state index in [0.29, 0.717) is 70.2 Å². The van der Waals surface area contributed by atoms with E-state index < -0.39 is 23.7 Å². The molecule has 17 nitrogen and oxygen atoms in total. The lowest BCUT2D eigenvalue weighted by Crippen LogP contribution is -2.23. The maximum Gasteiger partial charge on any atom is 0.180 e. The second-order valence-corrected chi connectivity index (χ2v) is 27.4. The molecule has 1 aliphatic carbocycles. The van der Waals surface area contributed by atoms with E-state index in [9.17, 15) is 66.5 Å². The molecule has 104 heavy (non-hydrogen) atoms. The molecular weight excluding hydrogens is 1580 g/mol. The van der Waals surface area contributed by atoms with Gasteiger partial charge in [-0.3, -0.25) is 0 Å². The third kappa shape index (κ3) is 19.2. The lowest BCUT2D eigenvalue weighted by Gasteiger charge is -2.29. The Morgan fingerprint density at radius 3 is 0.529 bits per heavy atom. The van der Waals surface area contributed by atoms with E-state index in [-0.39, 0.29) is 69.7 Å². The first-order valence-corrected chi connectivity index (χ1v) is 36.4. The van der Waals surface area contributed by atoms with Crippen molar-refractivity contribution in [3.8, 4) is 90.5 Å². The van der Waals surface area contributed by atoms with Crippen LogP contribution >= 0.6 is 63.7 Å². The van der Waals surface area contributed by atoms with Gasteiger partial charge in [0.05, 0.1) is 0 Å². The molecule has 4 heterocycles. The first-order valence-electron chi connectivity index (χ1n) is 33.2. The van der Waals surface area contributed by atoms with Crippen molar-refractivity contribution in [1.82, 2.24) is 0 Å². The number of rotatable bonds is 8. The number of ketones is 1. The highest BCUT2D eigenvalue weighted by Gasteiger charge is 2.35. The van der Waals surface area contributed by atoms with Crippen molar-refractivity contribution in [2.24, 2.45) is 0 Å². The average Bonchev–Trinajstić information content (AvgIpc) is 0.746. The predicted octanol–water partition coefficient (Wildman–Crippen LogP) is 19.4. The topological polar surface area (TPSA) is 287 Å². The molecule has 0 unspecified atom stereocenters. The van der Waals surface area contributed by atoms with E-state index in [1.165, 1.54) is 63.4 Å². The van der Waals surface area contributed by atoms with Gasteiger partial charge < -0.3 is 66.5 Å². The van der Waals surface area contributed by atoms with Crippen molar-refractivity contribution in [2.45, 2.75) is 90.9 Å². The van der Waals surface area contributed by atoms with Crippen molar-refractivity contribution >= 4 is 69.5 Å². The Morgan fingerprint density at radius 1 is 0.279 bits per heavy atom. The Morgan fingerprint density at radius 2 is 0.404 bits per heavy atom. The minimum absolute atomic E-state index is 0.0377. The largest absolute Gasteiger partial charge is 0.619 e. The van der Waals surface area contributed by atoms with Crippen LogP contribution in [0.25, 0.3) is 44.5 Å². The summed E-state index contributed by atoms with van der Waals surface area (Å²) >= 11 is 13.5. The molecule has 4 aromatic heterocycles. The summed E-state index contributed by atoms with van der Waals surface area (Å²) in [6, 6.07) is 61.0. The molecule has 0 fully saturated rings. The summed E-state index contributed by atoms with van der Waals surface area (Å²) in [4.78, 5) is 9.44. The number of phenolic OH excluding ortho intramolecular Hbond substituents is 8. The summed E-state index contributed by atoms with van der Waals surface area (Å²) < 4.78 is 3.29. The fourth-order valence-electron chi connectivity index (χ4n) is 12.2. The van der Waals surface area contributed by atoms with Crippen molar-refractivity contribution in [2.75, 3.05) is 0 Å². The van der Waals surface area contributed by atoms with E-state index in [2.05, 4.69) is 63.7 Å². The van der Waals surface area contributed by atoms with Crippen molar-refractivity contribution in [1.29, 1.82) is 0 Å². The zero-order chi connectivity index (χ0) is 75.5. The van der Waals surface area contributed by atoms with Gasteiger partial charge in [0.15, 0.2) is 49.6 Å². The standard InChI is InChI=1S/C36H36Br4O8.4C11H9NO.C3H6O/c1-5-13-17-9-19(31(43)25(37)29(17)41)14(6-2)21-11-23(35(47)27(39)33(21)45)16(8-4)24-12-22(34(46)28(40)36(24)48)15(7-3)20-10-18(13)30(42)26(38)32(20)44;4*13-12-8-6-11(7-9-12)10-4-2-1-3-5-10;1-3(2)4/h9-16,41-48H,5-8H2,1-4H3;4*1-9H;1-2H3. The highest BCUT2D eigenvalue weighted by atomic mass is 79.9. The molecule has 13 rings (SSSR count). The molecule has 0 saturated heterocycles. The Bertz CT molecular complexity index is 4120. The molecule has 0 amide bonds. The first-order chi connectivity index (χ1) is 49.8. The number of hydrogen-bond acceptors (Lipinski definition) is 13. The zero-order valence-corrected chi connectivity index (χ0v) is 64.0. The molecule has 0 radical (unpaired) electrons. The van der Waals surface area contributed by atoms with Crippen LogP contribution in [0.2, 0.25) is 0 Å². The number of pyridine rings is 4. The molecule has 12 aromatic rings. The van der Waals surface area contributed by atoms with E-state index in [4.69, 9.17) is 0 Å². The van der Waals surface area contributed by atoms with Gasteiger partial charge in [-0.25, -0.2) is 0 Å². The number of halogens is 4. The number of aromatic hydroxyl groups is 8. The van der Waals surface area contributed by atoms with Crippen LogP contribution in [-0.4, -0.2) is 46.6 Å². The highest BCUT2D eigenvalue weighted by molar-refractivity contribution is 9.11. The van der Waals surface area contributed by atoms with Gasteiger partial charge >= 0.3 is 0 Å². The van der Waals surface area contributed by atoms with Gasteiger partial charge in [0.1, 0.15) is 69.7 Å². The fraction of sp³-hybridized carbons (Fsp3) is 0.169. The first kappa shape index (κ1) is 79.3. The molecule has 1 aliphatic rings. The van der Waals surface area contributed by atoms with Crippen LogP contribution in [-0.2, 0) is 4.79 Å². The average molecular weight is 1660 g/mol. The molecule has 8 N–H and O–H groups in total. The Labute approximate surface area is 637 Å². The molecule has 0 spiro atoms. The van der Waals surface area contributed by atoms with Gasteiger partial charge in [-0.2, -0.15) is 18.9 Å². The Kier molecular flexibility index (Phi) is 28.3. The van der Waals surface area contributed by atoms with Crippen molar-refractivity contribution in [3.63, 3.8) is 0 Å². The molecule has 8 aromatic carbocycles. The number of phenols is 8. The van der Waals surface area contributed by atoms with Crippen LogP contribution in [0, 0.1) is 20.8 Å². The monoisotopic (exact) mass is 1650 g/mol. The number of nitrogens with zero attached hydrogens (tertiary/aromatic N) is 4. The number of benzene rings is 8. The molecule has 0 aliphatic heterocycles. The number of hydrogen-bond donors (Lipinski definition) is 8. The van der Waals surface area contributed by atoms with Crippen molar-refractivity contribution in [3.05, 3.63) is 327 Å². The minimum atomic E-state index is -0.643. The van der Waals surface area contributed by atoms with Crippen LogP contribution in [0.15, 0.2) is 262 Å². The third-order valence-corrected chi connectivity index (χ3v) is 20.4. The van der Waals surface area contributed by atoms with Crippen LogP contribution in [0.3, 0.4) is 0 Å². The fourth-order valence-corrected chi connectivity index (χ4v) is 14.0. The van der Waals surface area contributed by atoms with Gasteiger partial charge in [-0.1, -0.05) is 149 Å². The molecule has 0 saturated carbocycles. The number of Topliss-reactive ketones (excluding diaryl/α,β-unsaturated/α-hetero) is 1. The third-order valence-electron chi connectivity index (χ3n) is 17.4. The maximum absolute atomic E-state index is 11.5. The summed E-state index contributed by atoms with van der Waals surface area (Å²) in [5.41, 5.74) is 11.8. The number of aromatic nitrogens is 4. The second kappa shape index (κ2) is 37.1. The maximum atomic E-state index is 11.5. The molecule has 21 heteroatoms. The lowest BCUT2D eigenvalue weighted by atomic mass is 9.77. The summed E-state index contributed by atoms with van der Waals surface area (Å²) in [6.07, 6.45) is 13.6. The molecule has 0 atom stereocenters. The summed E-state index contributed by atoms with van der Waals surface area (Å²) in [7, 11) is 0. The van der Waals surface area contributed by atoms with Crippen LogP contribution < -0.4 is 18.9 Å². The lowest BCUT2D eigenvalue weighted by molar-refractivity contribution is -0.605. The van der Waals surface area contributed by atoms with E-state index >= 15 is 0 Å². The highest BCUT2D eigenvalue weighted by Crippen LogP contribution is 2.57. The van der Waals surface area contributed by atoms with Gasteiger partial charge in [0, 0.05) is 117 Å². The molecule has 8 bridgehead atoms. The van der Waals surface area contributed by atoms with Crippen LogP contribution in [0.1, 0.15) is 135 Å². The quantitative estimate of drug-likeness (QED) is 0.0519. The van der Waals surface area contributed by atoms with Crippen LogP contribution in [0.4, 0.5) is 0 Å². The predicted molar refractivity (Wildman–Crippen MR) is 418 cm³/mol. The summed E-state index contributed by atoms with van der Waals surface area (Å²) in [6.45, 7) is 10.6. The Hall–Kier alpha value is -10.5. The van der Waals surface area contributed by atoms with E-state index in [1.807, 2.05) is 198 Å². The van der Waals surface area contributed by atoms with Gasteiger partial charge in [-0.05, 0) is 172 Å². The smallest absolute Gasteiger partial charge is 0.180 e. The normalized spacial score (nSPS) is 13.9. The van der Waals surface area contributed by atoms with Gasteiger partial charge in [-0.15, -0.1) is 0 Å². The number of carbonyl (C=O) groups is 1. The summed E-state index contributed by atoms with van der Waals surface area (Å²) in [5.74, 6) is -4.27. The zero-order valence-electron chi connectivity index (χ0n) is 57.7. The SMILES string of the molecule is CC(C)=O.CCC1c2cc(c(O)c(Br)c2O)C(CC)c2cc(c(O)c(Br)c2O)C(CC)c2cc(c(O)c(Br)c2O)C(CC)c2cc1c(O)c(Br)c2O.[O-][n+]1ccc(-c2ccccc2)cc1.[O-][n+]1ccc(-c2ccccc2)cc1.[O-][n+]1ccc(-c2ccccc2)cc1.[O-][n+]1ccc(-c2ccccc2)cc1. The van der Waals surface area contributed by atoms with E-state index in [1.54, 1.807) is 24.3 Å². The second-order valence-electron chi connectivity index (χ2n) is 24.3. The van der Waals surface area contributed by atoms with Crippen molar-refractivity contribution < 1.29 is 64.6 Å². The minimum Gasteiger partial charge on any atom is -0.619 e. The summed E-state index contributed by atoms with van der Waals surface area (Å²) in [5, 5.41) is 135. The van der Waals surface area contributed by atoms with Crippen LogP contribution in [0.5, 0.6) is 46.0 Å². The Balaban J connectivity index is 0.000000194. The van der Waals surface area contributed by atoms with E-state index in [0.717, 1.165) is 63.4 Å². The molecular formula is C83H78Br4N4O13.